The molecule has 0 saturated carbocycles. The molecule has 2 aromatic carbocycles. The van der Waals surface area contributed by atoms with Crippen molar-refractivity contribution in [1.82, 2.24) is 0 Å². The van der Waals surface area contributed by atoms with Gasteiger partial charge in [0.05, 0.1) is 25.5 Å². The molecule has 6 nitrogen and oxygen atoms in total. The van der Waals surface area contributed by atoms with Gasteiger partial charge in [0, 0.05) is 17.7 Å². The van der Waals surface area contributed by atoms with Crippen molar-refractivity contribution < 1.29 is 19.1 Å². The van der Waals surface area contributed by atoms with Gasteiger partial charge in [-0.1, -0.05) is 26.0 Å². The highest BCUT2D eigenvalue weighted by Gasteiger charge is 2.16. The number of benzene rings is 2. The van der Waals surface area contributed by atoms with Gasteiger partial charge in [-0.15, -0.1) is 0 Å². The number of rotatable bonds is 6. The van der Waals surface area contributed by atoms with Crippen LogP contribution in [0.1, 0.15) is 29.8 Å². The zero-order chi connectivity index (χ0) is 19.3. The molecule has 0 aliphatic heterocycles. The lowest BCUT2D eigenvalue weighted by Crippen LogP contribution is -2.18. The van der Waals surface area contributed by atoms with Crippen molar-refractivity contribution in [2.45, 2.75) is 20.8 Å². The van der Waals surface area contributed by atoms with E-state index >= 15 is 0 Å². The van der Waals surface area contributed by atoms with E-state index in [1.807, 2.05) is 26.8 Å². The fraction of sp³-hybridized carbons (Fsp3) is 0.300. The molecule has 0 spiro atoms. The van der Waals surface area contributed by atoms with E-state index in [2.05, 4.69) is 10.6 Å². The number of anilines is 2. The average molecular weight is 356 g/mol. The summed E-state index contributed by atoms with van der Waals surface area (Å²) in [5.41, 5.74) is 2.43. The Hall–Kier alpha value is -3.02. The third-order valence-electron chi connectivity index (χ3n) is 3.90. The first kappa shape index (κ1) is 19.3. The van der Waals surface area contributed by atoms with Crippen molar-refractivity contribution in [3.8, 4) is 11.5 Å². The Morgan fingerprint density at radius 1 is 1.00 bits per heavy atom. The van der Waals surface area contributed by atoms with E-state index in [0.29, 0.717) is 28.4 Å². The van der Waals surface area contributed by atoms with Gasteiger partial charge in [-0.3, -0.25) is 9.59 Å². The molecular weight excluding hydrogens is 332 g/mol. The number of carbonyl (C=O) groups is 2. The molecule has 0 fully saturated rings. The van der Waals surface area contributed by atoms with E-state index in [9.17, 15) is 9.59 Å². The van der Waals surface area contributed by atoms with Crippen LogP contribution >= 0.6 is 0 Å². The maximum absolute atomic E-state index is 12.6. The minimum absolute atomic E-state index is 0.107. The van der Waals surface area contributed by atoms with Crippen LogP contribution in [-0.2, 0) is 4.79 Å². The Labute approximate surface area is 153 Å². The summed E-state index contributed by atoms with van der Waals surface area (Å²) in [5, 5.41) is 5.63. The number of carbonyl (C=O) groups excluding carboxylic acids is 2. The normalized spacial score (nSPS) is 10.4. The van der Waals surface area contributed by atoms with Gasteiger partial charge in [0.15, 0.2) is 0 Å². The van der Waals surface area contributed by atoms with Gasteiger partial charge < -0.3 is 20.1 Å². The van der Waals surface area contributed by atoms with Gasteiger partial charge >= 0.3 is 0 Å². The second-order valence-corrected chi connectivity index (χ2v) is 6.17. The lowest BCUT2D eigenvalue weighted by Gasteiger charge is -2.15. The Morgan fingerprint density at radius 3 is 2.35 bits per heavy atom. The predicted octanol–water partition coefficient (Wildman–Crippen LogP) is 3.86. The smallest absolute Gasteiger partial charge is 0.259 e. The zero-order valence-corrected chi connectivity index (χ0v) is 15.7. The van der Waals surface area contributed by atoms with Gasteiger partial charge in [0.1, 0.15) is 11.5 Å². The number of ether oxygens (including phenoxy) is 2. The zero-order valence-electron chi connectivity index (χ0n) is 15.7. The van der Waals surface area contributed by atoms with Crippen LogP contribution in [0, 0.1) is 12.8 Å². The predicted molar refractivity (Wildman–Crippen MR) is 102 cm³/mol. The third-order valence-corrected chi connectivity index (χ3v) is 3.90. The van der Waals surface area contributed by atoms with Gasteiger partial charge in [-0.2, -0.15) is 0 Å². The number of nitrogens with one attached hydrogen (secondary N) is 2. The van der Waals surface area contributed by atoms with Crippen LogP contribution in [0.15, 0.2) is 36.4 Å². The van der Waals surface area contributed by atoms with Gasteiger partial charge in [-0.05, 0) is 30.7 Å². The molecule has 0 saturated heterocycles. The quantitative estimate of drug-likeness (QED) is 0.824. The molecule has 0 unspecified atom stereocenters. The van der Waals surface area contributed by atoms with Gasteiger partial charge in [0.25, 0.3) is 5.91 Å². The average Bonchev–Trinajstić information content (AvgIpc) is 2.62. The highest BCUT2D eigenvalue weighted by Crippen LogP contribution is 2.29. The highest BCUT2D eigenvalue weighted by atomic mass is 16.5. The Morgan fingerprint density at radius 2 is 1.73 bits per heavy atom. The summed E-state index contributed by atoms with van der Waals surface area (Å²) in [6, 6.07) is 10.5. The van der Waals surface area contributed by atoms with Crippen LogP contribution in [0.2, 0.25) is 0 Å². The topological polar surface area (TPSA) is 76.7 Å². The molecule has 2 amide bonds. The van der Waals surface area contributed by atoms with E-state index in [4.69, 9.17) is 9.47 Å². The van der Waals surface area contributed by atoms with Crippen LogP contribution in [0.4, 0.5) is 11.4 Å². The summed E-state index contributed by atoms with van der Waals surface area (Å²) in [6.45, 7) is 5.50. The standard InChI is InChI=1S/C20H24N2O4/c1-12(2)19(23)22-16-10-9-14(11-17(16)25-4)21-20(24)15-8-6-7-13(3)18(15)26-5/h6-12H,1-5H3,(H,21,24)(H,22,23). The summed E-state index contributed by atoms with van der Waals surface area (Å²) in [6.07, 6.45) is 0. The van der Waals surface area contributed by atoms with E-state index in [0.717, 1.165) is 5.56 Å². The molecule has 26 heavy (non-hydrogen) atoms. The first-order chi connectivity index (χ1) is 12.4. The molecule has 0 radical (unpaired) electrons. The second-order valence-electron chi connectivity index (χ2n) is 6.17. The van der Waals surface area contributed by atoms with Crippen LogP contribution in [-0.4, -0.2) is 26.0 Å². The maximum atomic E-state index is 12.6. The van der Waals surface area contributed by atoms with Crippen molar-refractivity contribution in [2.75, 3.05) is 24.9 Å². The minimum atomic E-state index is -0.286. The monoisotopic (exact) mass is 356 g/mol. The van der Waals surface area contributed by atoms with E-state index in [-0.39, 0.29) is 17.7 Å². The van der Waals surface area contributed by atoms with Crippen LogP contribution in [0.25, 0.3) is 0 Å². The molecule has 0 aromatic heterocycles. The van der Waals surface area contributed by atoms with Crippen LogP contribution < -0.4 is 20.1 Å². The summed E-state index contributed by atoms with van der Waals surface area (Å²) in [5.74, 6) is 0.467. The summed E-state index contributed by atoms with van der Waals surface area (Å²) in [7, 11) is 3.05. The second kappa shape index (κ2) is 8.38. The fourth-order valence-corrected chi connectivity index (χ4v) is 2.45. The first-order valence-electron chi connectivity index (χ1n) is 8.31. The Bertz CT molecular complexity index is 815. The molecule has 0 atom stereocenters. The SMILES string of the molecule is COc1cc(NC(=O)c2cccc(C)c2OC)ccc1NC(=O)C(C)C. The molecule has 6 heteroatoms. The van der Waals surface area contributed by atoms with Crippen molar-refractivity contribution in [2.24, 2.45) is 5.92 Å². The van der Waals surface area contributed by atoms with Crippen molar-refractivity contribution in [3.63, 3.8) is 0 Å². The molecule has 2 rings (SSSR count). The van der Waals surface area contributed by atoms with Crippen LogP contribution in [0.3, 0.4) is 0 Å². The summed E-state index contributed by atoms with van der Waals surface area (Å²) >= 11 is 0. The molecular formula is C20H24N2O4. The van der Waals surface area contributed by atoms with E-state index in [1.54, 1.807) is 30.3 Å². The molecule has 0 aliphatic carbocycles. The van der Waals surface area contributed by atoms with Crippen LogP contribution in [0.5, 0.6) is 11.5 Å². The Balaban J connectivity index is 2.24. The van der Waals surface area contributed by atoms with Gasteiger partial charge in [0.2, 0.25) is 5.91 Å². The van der Waals surface area contributed by atoms with Gasteiger partial charge in [-0.25, -0.2) is 0 Å². The molecule has 0 aliphatic rings. The molecule has 0 heterocycles. The lowest BCUT2D eigenvalue weighted by molar-refractivity contribution is -0.118. The van der Waals surface area contributed by atoms with Crippen molar-refractivity contribution >= 4 is 23.2 Å². The molecule has 2 aromatic rings. The number of hydrogen-bond acceptors (Lipinski definition) is 4. The molecule has 138 valence electrons. The minimum Gasteiger partial charge on any atom is -0.496 e. The number of amides is 2. The van der Waals surface area contributed by atoms with E-state index in [1.165, 1.54) is 14.2 Å². The maximum Gasteiger partial charge on any atom is 0.259 e. The number of para-hydroxylation sites is 1. The highest BCUT2D eigenvalue weighted by molar-refractivity contribution is 6.06. The first-order valence-corrected chi connectivity index (χ1v) is 8.31. The van der Waals surface area contributed by atoms with E-state index < -0.39 is 0 Å². The van der Waals surface area contributed by atoms with Crippen molar-refractivity contribution in [1.29, 1.82) is 0 Å². The number of hydrogen-bond donors (Lipinski definition) is 2. The number of aryl methyl sites for hydroxylation is 1. The number of methoxy groups -OCH3 is 2. The summed E-state index contributed by atoms with van der Waals surface area (Å²) < 4.78 is 10.7. The van der Waals surface area contributed by atoms with Crippen molar-refractivity contribution in [3.05, 3.63) is 47.5 Å². The fourth-order valence-electron chi connectivity index (χ4n) is 2.45. The third kappa shape index (κ3) is 4.33. The largest absolute Gasteiger partial charge is 0.496 e. The molecule has 0 bridgehead atoms. The molecule has 2 N–H and O–H groups in total. The lowest BCUT2D eigenvalue weighted by atomic mass is 10.1. The Kier molecular flexibility index (Phi) is 6.22. The summed E-state index contributed by atoms with van der Waals surface area (Å²) in [4.78, 5) is 24.5.